The van der Waals surface area contributed by atoms with Crippen LogP contribution in [0.1, 0.15) is 5.56 Å². The normalized spacial score (nSPS) is 15.0. The molecule has 0 fully saturated rings. The topological polar surface area (TPSA) is 18.5 Å². The maximum Gasteiger partial charge on any atom is 0.586 e. The molecule has 19 heavy (non-hydrogen) atoms. The first-order valence-electron chi connectivity index (χ1n) is 5.54. The van der Waals surface area contributed by atoms with Crippen LogP contribution in [-0.4, -0.2) is 6.29 Å². The van der Waals surface area contributed by atoms with E-state index in [1.165, 1.54) is 12.1 Å². The first-order chi connectivity index (χ1) is 9.07. The van der Waals surface area contributed by atoms with Gasteiger partial charge in [0.15, 0.2) is 11.5 Å². The van der Waals surface area contributed by atoms with Crippen molar-refractivity contribution in [3.8, 4) is 35.0 Å². The molecule has 0 aliphatic carbocycles. The largest absolute Gasteiger partial charge is 0.586 e. The van der Waals surface area contributed by atoms with Crippen LogP contribution in [0.2, 0.25) is 0 Å². The van der Waals surface area contributed by atoms with Gasteiger partial charge in [-0.3, -0.25) is 0 Å². The third-order valence-corrected chi connectivity index (χ3v) is 2.79. The fourth-order valence-corrected chi connectivity index (χ4v) is 1.89. The maximum absolute atomic E-state index is 12.9. The lowest BCUT2D eigenvalue weighted by Crippen LogP contribution is -2.25. The molecule has 0 saturated heterocycles. The molecule has 1 aliphatic rings. The molecule has 94 valence electrons. The second-order valence-corrected chi connectivity index (χ2v) is 4.05. The van der Waals surface area contributed by atoms with Crippen LogP contribution in [0.3, 0.4) is 0 Å². The highest BCUT2D eigenvalue weighted by atomic mass is 19.3. The molecule has 0 bridgehead atoms. The van der Waals surface area contributed by atoms with Gasteiger partial charge >= 0.3 is 6.29 Å². The molecule has 2 aromatic carbocycles. The van der Waals surface area contributed by atoms with Gasteiger partial charge in [-0.15, -0.1) is 15.2 Å². The number of alkyl halides is 2. The summed E-state index contributed by atoms with van der Waals surface area (Å²) in [5, 5.41) is 0. The van der Waals surface area contributed by atoms with Crippen molar-refractivity contribution < 1.29 is 18.3 Å². The van der Waals surface area contributed by atoms with Gasteiger partial charge in [0.2, 0.25) is 0 Å². The zero-order valence-electron chi connectivity index (χ0n) is 9.69. The molecule has 3 rings (SSSR count). The second kappa shape index (κ2) is 3.99. The van der Waals surface area contributed by atoms with E-state index in [1.807, 2.05) is 12.1 Å². The fraction of sp³-hybridized carbons (Fsp3) is 0.0667. The summed E-state index contributed by atoms with van der Waals surface area (Å²) in [6.07, 6.45) is 1.68. The molecule has 0 spiro atoms. The quantitative estimate of drug-likeness (QED) is 0.727. The molecule has 0 N–H and O–H groups in total. The summed E-state index contributed by atoms with van der Waals surface area (Å²) in [6, 6.07) is 11.9. The molecule has 0 unspecified atom stereocenters. The van der Waals surface area contributed by atoms with E-state index >= 15 is 0 Å². The highest BCUT2D eigenvalue weighted by Gasteiger charge is 2.43. The van der Waals surface area contributed by atoms with Crippen LogP contribution < -0.4 is 9.47 Å². The summed E-state index contributed by atoms with van der Waals surface area (Å²) in [5.74, 6) is 2.58. The summed E-state index contributed by atoms with van der Waals surface area (Å²) in [4.78, 5) is 0. The highest BCUT2D eigenvalue weighted by molar-refractivity contribution is 5.68. The number of fused-ring (bicyclic) bond motifs is 1. The summed E-state index contributed by atoms with van der Waals surface area (Å²) < 4.78 is 34.6. The Hall–Kier alpha value is -2.54. The standard InChI is InChI=1S/C15H8F2O2/c1-2-10-3-5-11(6-4-10)12-7-8-13-14(9-12)19-15(16,17)18-13/h1,3-9H. The number of terminal acetylenes is 1. The van der Waals surface area contributed by atoms with Crippen LogP contribution in [0.4, 0.5) is 8.78 Å². The average Bonchev–Trinajstić information content (AvgIpc) is 2.71. The zero-order chi connectivity index (χ0) is 13.5. The van der Waals surface area contributed by atoms with Gasteiger partial charge in [0.05, 0.1) is 0 Å². The third-order valence-electron chi connectivity index (χ3n) is 2.79. The van der Waals surface area contributed by atoms with Crippen LogP contribution in [0, 0.1) is 12.3 Å². The maximum atomic E-state index is 12.9. The molecular weight excluding hydrogens is 250 g/mol. The second-order valence-electron chi connectivity index (χ2n) is 4.05. The Labute approximate surface area is 108 Å². The molecule has 0 amide bonds. The molecule has 2 aromatic rings. The number of benzene rings is 2. The van der Waals surface area contributed by atoms with E-state index in [-0.39, 0.29) is 11.5 Å². The molecule has 0 aromatic heterocycles. The first kappa shape index (κ1) is 11.5. The lowest BCUT2D eigenvalue weighted by atomic mass is 10.0. The van der Waals surface area contributed by atoms with Gasteiger partial charge in [-0.1, -0.05) is 24.1 Å². The van der Waals surface area contributed by atoms with Crippen LogP contribution in [0.5, 0.6) is 11.5 Å². The SMILES string of the molecule is C#Cc1ccc(-c2ccc3c(c2)OC(F)(F)O3)cc1. The Kier molecular flexibility index (Phi) is 2.42. The predicted molar refractivity (Wildman–Crippen MR) is 66.0 cm³/mol. The number of rotatable bonds is 1. The van der Waals surface area contributed by atoms with Crippen molar-refractivity contribution in [2.75, 3.05) is 0 Å². The monoisotopic (exact) mass is 258 g/mol. The van der Waals surface area contributed by atoms with Gasteiger partial charge < -0.3 is 9.47 Å². The zero-order valence-corrected chi connectivity index (χ0v) is 9.69. The van der Waals surface area contributed by atoms with Crippen LogP contribution >= 0.6 is 0 Å². The van der Waals surface area contributed by atoms with Gasteiger partial charge in [-0.25, -0.2) is 0 Å². The van der Waals surface area contributed by atoms with Gasteiger partial charge in [-0.05, 0) is 35.4 Å². The molecule has 2 nitrogen and oxygen atoms in total. The molecule has 1 aliphatic heterocycles. The van der Waals surface area contributed by atoms with Crippen molar-refractivity contribution in [1.82, 2.24) is 0 Å². The highest BCUT2D eigenvalue weighted by Crippen LogP contribution is 2.42. The summed E-state index contributed by atoms with van der Waals surface area (Å²) in [5.41, 5.74) is 2.38. The van der Waals surface area contributed by atoms with E-state index in [0.717, 1.165) is 16.7 Å². The van der Waals surface area contributed by atoms with Crippen molar-refractivity contribution in [1.29, 1.82) is 0 Å². The van der Waals surface area contributed by atoms with E-state index in [4.69, 9.17) is 6.42 Å². The van der Waals surface area contributed by atoms with Crippen LogP contribution in [-0.2, 0) is 0 Å². The van der Waals surface area contributed by atoms with Crippen molar-refractivity contribution in [2.24, 2.45) is 0 Å². The average molecular weight is 258 g/mol. The molecule has 0 radical (unpaired) electrons. The van der Waals surface area contributed by atoms with Crippen molar-refractivity contribution in [2.45, 2.75) is 6.29 Å². The number of hydrogen-bond acceptors (Lipinski definition) is 2. The molecule has 0 saturated carbocycles. The Balaban J connectivity index is 1.97. The first-order valence-corrected chi connectivity index (χ1v) is 5.54. The minimum absolute atomic E-state index is 0.0310. The van der Waals surface area contributed by atoms with Crippen LogP contribution in [0.15, 0.2) is 42.5 Å². The molecule has 0 atom stereocenters. The van der Waals surface area contributed by atoms with Gasteiger partial charge in [0.25, 0.3) is 0 Å². The Morgan fingerprint density at radius 2 is 1.53 bits per heavy atom. The van der Waals surface area contributed by atoms with E-state index in [1.54, 1.807) is 18.2 Å². The van der Waals surface area contributed by atoms with Gasteiger partial charge in [-0.2, -0.15) is 0 Å². The Morgan fingerprint density at radius 3 is 2.21 bits per heavy atom. The fourth-order valence-electron chi connectivity index (χ4n) is 1.89. The Bertz CT molecular complexity index is 670. The lowest BCUT2D eigenvalue weighted by molar-refractivity contribution is -0.286. The number of halogens is 2. The van der Waals surface area contributed by atoms with Crippen molar-refractivity contribution in [3.05, 3.63) is 48.0 Å². The number of hydrogen-bond donors (Lipinski definition) is 0. The van der Waals surface area contributed by atoms with Crippen molar-refractivity contribution >= 4 is 0 Å². The molecule has 1 heterocycles. The van der Waals surface area contributed by atoms with E-state index in [0.29, 0.717) is 0 Å². The van der Waals surface area contributed by atoms with E-state index < -0.39 is 6.29 Å². The summed E-state index contributed by atoms with van der Waals surface area (Å²) in [6.45, 7) is 0. The van der Waals surface area contributed by atoms with E-state index in [2.05, 4.69) is 15.4 Å². The van der Waals surface area contributed by atoms with Gasteiger partial charge in [0, 0.05) is 5.56 Å². The third kappa shape index (κ3) is 2.11. The van der Waals surface area contributed by atoms with Gasteiger partial charge in [0.1, 0.15) is 0 Å². The summed E-state index contributed by atoms with van der Waals surface area (Å²) in [7, 11) is 0. The van der Waals surface area contributed by atoms with E-state index in [9.17, 15) is 8.78 Å². The Morgan fingerprint density at radius 1 is 0.895 bits per heavy atom. The minimum Gasteiger partial charge on any atom is -0.395 e. The minimum atomic E-state index is -3.59. The summed E-state index contributed by atoms with van der Waals surface area (Å²) >= 11 is 0. The number of ether oxygens (including phenoxy) is 2. The predicted octanol–water partition coefficient (Wildman–Crippen LogP) is 3.66. The molecular formula is C15H8F2O2. The molecule has 4 heteroatoms. The van der Waals surface area contributed by atoms with Crippen LogP contribution in [0.25, 0.3) is 11.1 Å². The van der Waals surface area contributed by atoms with Crippen molar-refractivity contribution in [3.63, 3.8) is 0 Å². The lowest BCUT2D eigenvalue weighted by Gasteiger charge is -2.04. The smallest absolute Gasteiger partial charge is 0.395 e.